The fourth-order valence-corrected chi connectivity index (χ4v) is 2.59. The van der Waals surface area contributed by atoms with Gasteiger partial charge in [-0.1, -0.05) is 12.1 Å². The van der Waals surface area contributed by atoms with Crippen molar-refractivity contribution in [3.05, 3.63) is 29.8 Å². The number of ether oxygens (including phenoxy) is 1. The summed E-state index contributed by atoms with van der Waals surface area (Å²) in [6.45, 7) is 2.71. The first-order valence-corrected chi connectivity index (χ1v) is 6.40. The SMILES string of the molecule is CCOc1ccc(C(NC)C2CC(N)C2)cc1. The lowest BCUT2D eigenvalue weighted by Crippen LogP contribution is -2.42. The topological polar surface area (TPSA) is 47.3 Å². The first-order chi connectivity index (χ1) is 8.24. The van der Waals surface area contributed by atoms with Crippen LogP contribution in [0.3, 0.4) is 0 Å². The zero-order chi connectivity index (χ0) is 12.3. The van der Waals surface area contributed by atoms with Crippen molar-refractivity contribution >= 4 is 0 Å². The first kappa shape index (κ1) is 12.4. The van der Waals surface area contributed by atoms with E-state index in [0.29, 0.717) is 24.6 Å². The fraction of sp³-hybridized carbons (Fsp3) is 0.571. The smallest absolute Gasteiger partial charge is 0.119 e. The van der Waals surface area contributed by atoms with E-state index < -0.39 is 0 Å². The lowest BCUT2D eigenvalue weighted by molar-refractivity contribution is 0.204. The van der Waals surface area contributed by atoms with Crippen LogP contribution >= 0.6 is 0 Å². The van der Waals surface area contributed by atoms with Gasteiger partial charge in [-0.05, 0) is 50.4 Å². The highest BCUT2D eigenvalue weighted by atomic mass is 16.5. The lowest BCUT2D eigenvalue weighted by Gasteiger charge is -2.38. The maximum Gasteiger partial charge on any atom is 0.119 e. The van der Waals surface area contributed by atoms with E-state index in [1.54, 1.807) is 0 Å². The Morgan fingerprint density at radius 1 is 1.35 bits per heavy atom. The van der Waals surface area contributed by atoms with Gasteiger partial charge in [0, 0.05) is 12.1 Å². The molecule has 0 heterocycles. The highest BCUT2D eigenvalue weighted by Crippen LogP contribution is 2.37. The van der Waals surface area contributed by atoms with Gasteiger partial charge in [-0.25, -0.2) is 0 Å². The standard InChI is InChI=1S/C14H22N2O/c1-3-17-13-6-4-10(5-7-13)14(16-2)11-8-12(15)9-11/h4-7,11-12,14,16H,3,8-9,15H2,1-2H3. The van der Waals surface area contributed by atoms with Gasteiger partial charge < -0.3 is 15.8 Å². The summed E-state index contributed by atoms with van der Waals surface area (Å²) in [5, 5.41) is 3.40. The van der Waals surface area contributed by atoms with Gasteiger partial charge in [-0.3, -0.25) is 0 Å². The molecule has 1 aromatic rings. The Balaban J connectivity index is 2.03. The molecule has 1 aliphatic carbocycles. The Kier molecular flexibility index (Phi) is 4.02. The molecule has 1 atom stereocenters. The Bertz CT molecular complexity index is 344. The molecule has 1 unspecified atom stereocenters. The van der Waals surface area contributed by atoms with E-state index >= 15 is 0 Å². The van der Waals surface area contributed by atoms with Crippen LogP contribution < -0.4 is 15.8 Å². The van der Waals surface area contributed by atoms with Gasteiger partial charge in [0.05, 0.1) is 6.61 Å². The maximum absolute atomic E-state index is 5.86. The third kappa shape index (κ3) is 2.79. The monoisotopic (exact) mass is 234 g/mol. The predicted octanol–water partition coefficient (Wildman–Crippen LogP) is 2.08. The number of hydrogen-bond acceptors (Lipinski definition) is 3. The Morgan fingerprint density at radius 3 is 2.47 bits per heavy atom. The van der Waals surface area contributed by atoms with Gasteiger partial charge in [-0.2, -0.15) is 0 Å². The summed E-state index contributed by atoms with van der Waals surface area (Å²) in [5.41, 5.74) is 7.18. The molecule has 0 saturated heterocycles. The summed E-state index contributed by atoms with van der Waals surface area (Å²) in [4.78, 5) is 0. The molecule has 0 radical (unpaired) electrons. The van der Waals surface area contributed by atoms with E-state index in [2.05, 4.69) is 17.4 Å². The van der Waals surface area contributed by atoms with Crippen molar-refractivity contribution in [2.24, 2.45) is 11.7 Å². The molecule has 3 heteroatoms. The number of hydrogen-bond donors (Lipinski definition) is 2. The lowest BCUT2D eigenvalue weighted by atomic mass is 9.74. The van der Waals surface area contributed by atoms with Crippen molar-refractivity contribution < 1.29 is 4.74 Å². The van der Waals surface area contributed by atoms with Crippen molar-refractivity contribution in [2.75, 3.05) is 13.7 Å². The minimum absolute atomic E-state index is 0.401. The van der Waals surface area contributed by atoms with Gasteiger partial charge in [0.2, 0.25) is 0 Å². The normalized spacial score (nSPS) is 25.1. The van der Waals surface area contributed by atoms with E-state index in [1.165, 1.54) is 5.56 Å². The molecule has 3 nitrogen and oxygen atoms in total. The quantitative estimate of drug-likeness (QED) is 0.820. The van der Waals surface area contributed by atoms with Gasteiger partial charge >= 0.3 is 0 Å². The molecule has 94 valence electrons. The number of nitrogens with two attached hydrogens (primary N) is 1. The van der Waals surface area contributed by atoms with E-state index in [9.17, 15) is 0 Å². The summed E-state index contributed by atoms with van der Waals surface area (Å²) in [6, 6.07) is 9.21. The van der Waals surface area contributed by atoms with Crippen LogP contribution in [0.4, 0.5) is 0 Å². The van der Waals surface area contributed by atoms with Crippen LogP contribution in [0, 0.1) is 5.92 Å². The summed E-state index contributed by atoms with van der Waals surface area (Å²) in [7, 11) is 2.02. The van der Waals surface area contributed by atoms with Gasteiger partial charge in [0.25, 0.3) is 0 Å². The summed E-state index contributed by atoms with van der Waals surface area (Å²) < 4.78 is 5.45. The van der Waals surface area contributed by atoms with Crippen LogP contribution in [0.2, 0.25) is 0 Å². The zero-order valence-corrected chi connectivity index (χ0v) is 10.6. The molecule has 1 saturated carbocycles. The summed E-state index contributed by atoms with van der Waals surface area (Å²) in [6.07, 6.45) is 2.25. The molecule has 0 spiro atoms. The van der Waals surface area contributed by atoms with Gasteiger partial charge in [-0.15, -0.1) is 0 Å². The largest absolute Gasteiger partial charge is 0.494 e. The van der Waals surface area contributed by atoms with E-state index in [0.717, 1.165) is 18.6 Å². The first-order valence-electron chi connectivity index (χ1n) is 6.40. The van der Waals surface area contributed by atoms with Crippen molar-refractivity contribution in [3.8, 4) is 5.75 Å². The van der Waals surface area contributed by atoms with Crippen molar-refractivity contribution in [2.45, 2.75) is 31.8 Å². The van der Waals surface area contributed by atoms with Gasteiger partial charge in [0.15, 0.2) is 0 Å². The Morgan fingerprint density at radius 2 is 2.00 bits per heavy atom. The number of rotatable bonds is 5. The number of benzene rings is 1. The Hall–Kier alpha value is -1.06. The van der Waals surface area contributed by atoms with Gasteiger partial charge in [0.1, 0.15) is 5.75 Å². The molecule has 3 N–H and O–H groups in total. The van der Waals surface area contributed by atoms with Crippen LogP contribution in [0.25, 0.3) is 0 Å². The maximum atomic E-state index is 5.86. The van der Waals surface area contributed by atoms with E-state index in [4.69, 9.17) is 10.5 Å². The average molecular weight is 234 g/mol. The number of nitrogens with one attached hydrogen (secondary N) is 1. The van der Waals surface area contributed by atoms with Crippen LogP contribution in [0.5, 0.6) is 5.75 Å². The average Bonchev–Trinajstić information content (AvgIpc) is 2.30. The third-order valence-electron chi connectivity index (χ3n) is 3.54. The van der Waals surface area contributed by atoms with Crippen molar-refractivity contribution in [1.82, 2.24) is 5.32 Å². The van der Waals surface area contributed by atoms with Crippen molar-refractivity contribution in [3.63, 3.8) is 0 Å². The molecule has 2 rings (SSSR count). The minimum atomic E-state index is 0.401. The zero-order valence-electron chi connectivity index (χ0n) is 10.6. The van der Waals surface area contributed by atoms with Crippen LogP contribution in [0.1, 0.15) is 31.4 Å². The van der Waals surface area contributed by atoms with Crippen LogP contribution in [-0.4, -0.2) is 19.7 Å². The molecular weight excluding hydrogens is 212 g/mol. The molecule has 1 fully saturated rings. The van der Waals surface area contributed by atoms with Crippen LogP contribution in [0.15, 0.2) is 24.3 Å². The molecule has 1 aliphatic rings. The predicted molar refractivity (Wildman–Crippen MR) is 70.1 cm³/mol. The third-order valence-corrected chi connectivity index (χ3v) is 3.54. The molecule has 0 bridgehead atoms. The van der Waals surface area contributed by atoms with Crippen LogP contribution in [-0.2, 0) is 0 Å². The molecule has 0 aliphatic heterocycles. The van der Waals surface area contributed by atoms with E-state index in [-0.39, 0.29) is 0 Å². The fourth-order valence-electron chi connectivity index (χ4n) is 2.59. The molecular formula is C14H22N2O. The minimum Gasteiger partial charge on any atom is -0.494 e. The van der Waals surface area contributed by atoms with E-state index in [1.807, 2.05) is 26.1 Å². The second-order valence-electron chi connectivity index (χ2n) is 4.76. The summed E-state index contributed by atoms with van der Waals surface area (Å²) in [5.74, 6) is 1.62. The molecule has 0 amide bonds. The van der Waals surface area contributed by atoms with Crippen molar-refractivity contribution in [1.29, 1.82) is 0 Å². The molecule has 17 heavy (non-hydrogen) atoms. The second kappa shape index (κ2) is 5.52. The highest BCUT2D eigenvalue weighted by molar-refractivity contribution is 5.30. The summed E-state index contributed by atoms with van der Waals surface area (Å²) >= 11 is 0. The molecule has 1 aromatic carbocycles. The molecule has 0 aromatic heterocycles. The highest BCUT2D eigenvalue weighted by Gasteiger charge is 2.32. The second-order valence-corrected chi connectivity index (χ2v) is 4.76. The Labute approximate surface area is 103 Å².